The second-order valence-corrected chi connectivity index (χ2v) is 5.08. The lowest BCUT2D eigenvalue weighted by molar-refractivity contribution is -0.165. The lowest BCUT2D eigenvalue weighted by Crippen LogP contribution is -2.57. The molecule has 5 nitrogen and oxygen atoms in total. The minimum absolute atomic E-state index is 0.0122. The van der Waals surface area contributed by atoms with Gasteiger partial charge in [0.1, 0.15) is 6.04 Å². The molecule has 0 radical (unpaired) electrons. The molecule has 0 aromatic rings. The maximum atomic E-state index is 11.5. The van der Waals surface area contributed by atoms with E-state index in [9.17, 15) is 9.90 Å². The summed E-state index contributed by atoms with van der Waals surface area (Å²) in [4.78, 5) is 13.6. The molecular formula is C11H19NO4. The first-order valence-electron chi connectivity index (χ1n) is 5.71. The molecule has 0 bridgehead atoms. The highest BCUT2D eigenvalue weighted by Crippen LogP contribution is 2.25. The minimum atomic E-state index is -0.325. The third-order valence-electron chi connectivity index (χ3n) is 3.06. The summed E-state index contributed by atoms with van der Waals surface area (Å²) < 4.78 is 10.7. The average Bonchev–Trinajstić information content (AvgIpc) is 2.62. The molecule has 1 N–H and O–H groups in total. The van der Waals surface area contributed by atoms with Gasteiger partial charge in [-0.3, -0.25) is 9.69 Å². The third kappa shape index (κ3) is 2.36. The molecule has 2 fully saturated rings. The van der Waals surface area contributed by atoms with Crippen LogP contribution in [-0.2, 0) is 14.3 Å². The molecule has 0 aromatic carbocycles. The van der Waals surface area contributed by atoms with Crippen LogP contribution in [0.4, 0.5) is 0 Å². The Morgan fingerprint density at radius 3 is 2.88 bits per heavy atom. The van der Waals surface area contributed by atoms with E-state index in [1.807, 2.05) is 13.8 Å². The van der Waals surface area contributed by atoms with Gasteiger partial charge in [0.2, 0.25) is 0 Å². The van der Waals surface area contributed by atoms with E-state index >= 15 is 0 Å². The monoisotopic (exact) mass is 229 g/mol. The van der Waals surface area contributed by atoms with Gasteiger partial charge in [0.15, 0.2) is 0 Å². The number of rotatable bonds is 2. The molecule has 0 aliphatic carbocycles. The maximum absolute atomic E-state index is 11.5. The van der Waals surface area contributed by atoms with Gasteiger partial charge in [-0.15, -0.1) is 0 Å². The lowest BCUT2D eigenvalue weighted by Gasteiger charge is -2.43. The first-order chi connectivity index (χ1) is 7.52. The van der Waals surface area contributed by atoms with E-state index < -0.39 is 0 Å². The molecule has 0 spiro atoms. The van der Waals surface area contributed by atoms with Crippen molar-refractivity contribution in [1.29, 1.82) is 0 Å². The number of esters is 1. The highest BCUT2D eigenvalue weighted by Gasteiger charge is 2.40. The number of nitrogens with zero attached hydrogens (tertiary/aromatic N) is 1. The normalized spacial score (nSPS) is 35.1. The number of aliphatic hydroxyl groups is 1. The lowest BCUT2D eigenvalue weighted by atomic mass is 10.0. The summed E-state index contributed by atoms with van der Waals surface area (Å²) in [5.41, 5.74) is -0.325. The quantitative estimate of drug-likeness (QED) is 0.663. The summed E-state index contributed by atoms with van der Waals surface area (Å²) in [6.45, 7) is 5.74. The Labute approximate surface area is 95.3 Å². The van der Waals surface area contributed by atoms with Crippen LogP contribution >= 0.6 is 0 Å². The van der Waals surface area contributed by atoms with Crippen molar-refractivity contribution >= 4 is 5.97 Å². The second-order valence-electron chi connectivity index (χ2n) is 5.08. The predicted molar refractivity (Wildman–Crippen MR) is 57.0 cm³/mol. The Kier molecular flexibility index (Phi) is 3.19. The van der Waals surface area contributed by atoms with Crippen LogP contribution in [0.15, 0.2) is 0 Å². The van der Waals surface area contributed by atoms with Gasteiger partial charge in [-0.25, -0.2) is 0 Å². The molecule has 2 rings (SSSR count). The first-order valence-corrected chi connectivity index (χ1v) is 5.71. The number of carbonyl (C=O) groups is 1. The van der Waals surface area contributed by atoms with E-state index in [0.29, 0.717) is 19.7 Å². The Bertz CT molecular complexity index is 279. The van der Waals surface area contributed by atoms with Crippen molar-refractivity contribution in [2.45, 2.75) is 38.0 Å². The number of hydrogen-bond acceptors (Lipinski definition) is 5. The van der Waals surface area contributed by atoms with Crippen molar-refractivity contribution in [2.75, 3.05) is 26.3 Å². The Hall–Kier alpha value is -0.650. The summed E-state index contributed by atoms with van der Waals surface area (Å²) >= 11 is 0. The fourth-order valence-corrected chi connectivity index (χ4v) is 2.49. The van der Waals surface area contributed by atoms with E-state index in [0.717, 1.165) is 6.42 Å². The first kappa shape index (κ1) is 11.8. The highest BCUT2D eigenvalue weighted by molar-refractivity contribution is 5.77. The summed E-state index contributed by atoms with van der Waals surface area (Å²) in [5.74, 6) is -0.144. The van der Waals surface area contributed by atoms with Crippen LogP contribution in [0.1, 0.15) is 20.3 Å². The summed E-state index contributed by atoms with van der Waals surface area (Å²) in [7, 11) is 0. The smallest absolute Gasteiger partial charge is 0.323 e. The van der Waals surface area contributed by atoms with Crippen LogP contribution < -0.4 is 0 Å². The van der Waals surface area contributed by atoms with Crippen LogP contribution in [0.25, 0.3) is 0 Å². The topological polar surface area (TPSA) is 59.0 Å². The molecule has 0 saturated carbocycles. The van der Waals surface area contributed by atoms with Crippen LogP contribution in [0.2, 0.25) is 0 Å². The van der Waals surface area contributed by atoms with Gasteiger partial charge < -0.3 is 14.6 Å². The number of aliphatic hydroxyl groups excluding tert-OH is 1. The molecule has 16 heavy (non-hydrogen) atoms. The summed E-state index contributed by atoms with van der Waals surface area (Å²) in [6.07, 6.45) is 0.532. The summed E-state index contributed by atoms with van der Waals surface area (Å²) in [5, 5.41) is 9.18. The molecule has 0 aromatic heterocycles. The van der Waals surface area contributed by atoms with Crippen molar-refractivity contribution < 1.29 is 19.4 Å². The molecule has 92 valence electrons. The predicted octanol–water partition coefficient (Wildman–Crippen LogP) is -0.226. The molecule has 2 heterocycles. The molecule has 5 heteroatoms. The zero-order chi connectivity index (χ0) is 11.8. The van der Waals surface area contributed by atoms with E-state index in [2.05, 4.69) is 4.90 Å². The largest absolute Gasteiger partial charge is 0.464 e. The van der Waals surface area contributed by atoms with Crippen molar-refractivity contribution in [1.82, 2.24) is 4.90 Å². The van der Waals surface area contributed by atoms with Crippen molar-refractivity contribution in [3.05, 3.63) is 0 Å². The van der Waals surface area contributed by atoms with Crippen LogP contribution in [0.3, 0.4) is 0 Å². The Morgan fingerprint density at radius 1 is 1.56 bits per heavy atom. The number of hydrogen-bond donors (Lipinski definition) is 1. The molecule has 2 saturated heterocycles. The van der Waals surface area contributed by atoms with Crippen LogP contribution in [0.5, 0.6) is 0 Å². The molecule has 2 atom stereocenters. The van der Waals surface area contributed by atoms with E-state index in [1.165, 1.54) is 0 Å². The number of cyclic esters (lactones) is 1. The number of carbonyl (C=O) groups excluding carboxylic acids is 1. The number of ether oxygens (including phenoxy) is 2. The van der Waals surface area contributed by atoms with Crippen LogP contribution in [0, 0.1) is 0 Å². The average molecular weight is 229 g/mol. The minimum Gasteiger partial charge on any atom is -0.464 e. The van der Waals surface area contributed by atoms with E-state index in [4.69, 9.17) is 9.47 Å². The van der Waals surface area contributed by atoms with Crippen molar-refractivity contribution in [3.63, 3.8) is 0 Å². The zero-order valence-corrected chi connectivity index (χ0v) is 9.81. The van der Waals surface area contributed by atoms with E-state index in [1.54, 1.807) is 0 Å². The standard InChI is InChI=1S/C11H19NO4/c1-11(2)7-12(5-8(6-13)16-11)9-3-4-15-10(9)14/h8-9,13H,3-7H2,1-2H3. The number of morpholine rings is 1. The van der Waals surface area contributed by atoms with Crippen molar-refractivity contribution in [2.24, 2.45) is 0 Å². The summed E-state index contributed by atoms with van der Waals surface area (Å²) in [6, 6.07) is -0.155. The zero-order valence-electron chi connectivity index (χ0n) is 9.81. The van der Waals surface area contributed by atoms with Gasteiger partial charge in [-0.2, -0.15) is 0 Å². The van der Waals surface area contributed by atoms with Crippen LogP contribution in [-0.4, -0.2) is 60.0 Å². The molecular weight excluding hydrogens is 210 g/mol. The van der Waals surface area contributed by atoms with E-state index in [-0.39, 0.29) is 30.3 Å². The van der Waals surface area contributed by atoms with Gasteiger partial charge in [-0.05, 0) is 13.8 Å². The molecule has 2 unspecified atom stereocenters. The molecule has 0 amide bonds. The third-order valence-corrected chi connectivity index (χ3v) is 3.06. The SMILES string of the molecule is CC1(C)CN(C2CCOC2=O)CC(CO)O1. The maximum Gasteiger partial charge on any atom is 0.323 e. The van der Waals surface area contributed by atoms with Gasteiger partial charge >= 0.3 is 5.97 Å². The van der Waals surface area contributed by atoms with Crippen molar-refractivity contribution in [3.8, 4) is 0 Å². The van der Waals surface area contributed by atoms with Gasteiger partial charge in [0.25, 0.3) is 0 Å². The van der Waals surface area contributed by atoms with Gasteiger partial charge in [0, 0.05) is 19.5 Å². The highest BCUT2D eigenvalue weighted by atomic mass is 16.5. The Balaban J connectivity index is 2.06. The fourth-order valence-electron chi connectivity index (χ4n) is 2.49. The molecule has 2 aliphatic rings. The molecule has 2 aliphatic heterocycles. The Morgan fingerprint density at radius 2 is 2.31 bits per heavy atom. The van der Waals surface area contributed by atoms with Gasteiger partial charge in [-0.1, -0.05) is 0 Å². The van der Waals surface area contributed by atoms with Gasteiger partial charge in [0.05, 0.1) is 24.9 Å². The second kappa shape index (κ2) is 4.31. The fraction of sp³-hybridized carbons (Fsp3) is 0.909.